The minimum absolute atomic E-state index is 0.179. The highest BCUT2D eigenvalue weighted by atomic mass is 16.4. The van der Waals surface area contributed by atoms with Gasteiger partial charge in [-0.1, -0.05) is 20.8 Å². The maximum absolute atomic E-state index is 11.2. The van der Waals surface area contributed by atoms with Crippen molar-refractivity contribution in [3.8, 4) is 0 Å². The van der Waals surface area contributed by atoms with Gasteiger partial charge in [-0.15, -0.1) is 0 Å². The number of carbonyl (C=O) groups is 1. The number of aliphatic carboxylic acids is 1. The van der Waals surface area contributed by atoms with Crippen LogP contribution < -0.4 is 0 Å². The van der Waals surface area contributed by atoms with E-state index in [4.69, 9.17) is 5.11 Å². The first-order valence-electron chi connectivity index (χ1n) is 11.7. The third-order valence-corrected chi connectivity index (χ3v) is 10.2. The van der Waals surface area contributed by atoms with Crippen LogP contribution in [0.4, 0.5) is 0 Å². The van der Waals surface area contributed by atoms with Crippen molar-refractivity contribution in [1.82, 2.24) is 0 Å². The lowest BCUT2D eigenvalue weighted by Crippen LogP contribution is -2.58. The minimum atomic E-state index is -0.684. The summed E-state index contributed by atoms with van der Waals surface area (Å²) in [6.45, 7) is 7.16. The van der Waals surface area contributed by atoms with E-state index in [2.05, 4.69) is 20.8 Å². The Balaban J connectivity index is 1.55. The van der Waals surface area contributed by atoms with E-state index in [1.54, 1.807) is 0 Å². The van der Waals surface area contributed by atoms with Crippen molar-refractivity contribution >= 4 is 5.97 Å². The highest BCUT2D eigenvalue weighted by Gasteiger charge is 2.62. The number of aliphatic hydroxyl groups excluding tert-OH is 2. The monoisotopic (exact) mass is 392 g/mol. The fourth-order valence-corrected chi connectivity index (χ4v) is 8.73. The zero-order valence-electron chi connectivity index (χ0n) is 17.9. The van der Waals surface area contributed by atoms with E-state index in [1.165, 1.54) is 25.7 Å². The Morgan fingerprint density at radius 3 is 2.39 bits per heavy atom. The fourth-order valence-electron chi connectivity index (χ4n) is 8.73. The third kappa shape index (κ3) is 3.14. The Kier molecular flexibility index (Phi) is 5.36. The summed E-state index contributed by atoms with van der Waals surface area (Å²) in [7, 11) is 0. The number of hydrogen-bond acceptors (Lipinski definition) is 3. The third-order valence-electron chi connectivity index (χ3n) is 10.2. The molecule has 4 nitrogen and oxygen atoms in total. The van der Waals surface area contributed by atoms with Gasteiger partial charge in [0.25, 0.3) is 0 Å². The van der Waals surface area contributed by atoms with Gasteiger partial charge in [0.1, 0.15) is 0 Å². The number of hydrogen-bond donors (Lipinski definition) is 3. The molecule has 3 N–H and O–H groups in total. The van der Waals surface area contributed by atoms with Crippen molar-refractivity contribution in [2.75, 3.05) is 0 Å². The molecular formula is C24H40O4. The van der Waals surface area contributed by atoms with Crippen molar-refractivity contribution in [2.45, 2.75) is 97.2 Å². The number of fused-ring (bicyclic) bond motifs is 5. The van der Waals surface area contributed by atoms with E-state index in [-0.39, 0.29) is 29.5 Å². The molecular weight excluding hydrogens is 352 g/mol. The molecule has 0 aromatic heterocycles. The van der Waals surface area contributed by atoms with Crippen molar-refractivity contribution in [3.63, 3.8) is 0 Å². The predicted octanol–water partition coefficient (Wildman–Crippen LogP) is 4.48. The Labute approximate surface area is 170 Å². The van der Waals surface area contributed by atoms with Crippen LogP contribution in [0.15, 0.2) is 0 Å². The van der Waals surface area contributed by atoms with Crippen molar-refractivity contribution in [1.29, 1.82) is 0 Å². The molecule has 0 heterocycles. The van der Waals surface area contributed by atoms with Gasteiger partial charge in [0.15, 0.2) is 0 Å². The highest BCUT2D eigenvalue weighted by Crippen LogP contribution is 2.68. The second kappa shape index (κ2) is 7.27. The van der Waals surface area contributed by atoms with Crippen LogP contribution in [0, 0.1) is 46.3 Å². The molecule has 0 amide bonds. The topological polar surface area (TPSA) is 77.8 Å². The second-order valence-electron chi connectivity index (χ2n) is 11.4. The summed E-state index contributed by atoms with van der Waals surface area (Å²) in [5, 5.41) is 30.5. The molecule has 6 unspecified atom stereocenters. The Bertz CT molecular complexity index is 605. The van der Waals surface area contributed by atoms with Crippen LogP contribution >= 0.6 is 0 Å². The van der Waals surface area contributed by atoms with Crippen LogP contribution in [0.25, 0.3) is 0 Å². The average molecular weight is 393 g/mol. The summed E-state index contributed by atoms with van der Waals surface area (Å²) in [6, 6.07) is 0. The summed E-state index contributed by atoms with van der Waals surface area (Å²) in [6.07, 6.45) is 9.19. The molecule has 28 heavy (non-hydrogen) atoms. The maximum Gasteiger partial charge on any atom is 0.303 e. The molecule has 4 rings (SSSR count). The lowest BCUT2D eigenvalue weighted by atomic mass is 9.43. The number of aliphatic hydroxyl groups is 2. The molecule has 0 bridgehead atoms. The molecule has 160 valence electrons. The predicted molar refractivity (Wildman–Crippen MR) is 109 cm³/mol. The van der Waals surface area contributed by atoms with Gasteiger partial charge < -0.3 is 15.3 Å². The first kappa shape index (κ1) is 20.7. The largest absolute Gasteiger partial charge is 0.481 e. The van der Waals surface area contributed by atoms with Gasteiger partial charge in [-0.05, 0) is 104 Å². The molecule has 4 saturated carbocycles. The number of carboxylic acid groups (broad SMARTS) is 1. The van der Waals surface area contributed by atoms with E-state index in [9.17, 15) is 15.0 Å². The van der Waals surface area contributed by atoms with Gasteiger partial charge >= 0.3 is 5.97 Å². The molecule has 0 aliphatic heterocycles. The first-order valence-corrected chi connectivity index (χ1v) is 11.7. The van der Waals surface area contributed by atoms with Crippen LogP contribution in [0.1, 0.15) is 85.0 Å². The van der Waals surface area contributed by atoms with Crippen LogP contribution in [-0.2, 0) is 4.79 Å². The minimum Gasteiger partial charge on any atom is -0.481 e. The van der Waals surface area contributed by atoms with Gasteiger partial charge in [-0.25, -0.2) is 0 Å². The number of carboxylic acids is 1. The van der Waals surface area contributed by atoms with E-state index < -0.39 is 5.97 Å². The Hall–Kier alpha value is -0.610. The number of rotatable bonds is 4. The van der Waals surface area contributed by atoms with Gasteiger partial charge in [-0.3, -0.25) is 4.79 Å². The smallest absolute Gasteiger partial charge is 0.303 e. The molecule has 4 aliphatic carbocycles. The summed E-state index contributed by atoms with van der Waals surface area (Å²) >= 11 is 0. The zero-order chi connectivity index (χ0) is 20.3. The molecule has 0 radical (unpaired) electrons. The molecule has 4 fully saturated rings. The molecule has 4 aliphatic rings. The van der Waals surface area contributed by atoms with E-state index in [1.807, 2.05) is 0 Å². The van der Waals surface area contributed by atoms with Crippen molar-refractivity contribution < 1.29 is 20.1 Å². The van der Waals surface area contributed by atoms with Crippen LogP contribution in [0.2, 0.25) is 0 Å². The maximum atomic E-state index is 11.2. The molecule has 0 aromatic rings. The molecule has 0 aromatic carbocycles. The Morgan fingerprint density at radius 2 is 1.68 bits per heavy atom. The normalized spacial score (nSPS) is 51.7. The van der Waals surface area contributed by atoms with Gasteiger partial charge in [0, 0.05) is 6.42 Å². The van der Waals surface area contributed by atoms with Gasteiger partial charge in [-0.2, -0.15) is 0 Å². The summed E-state index contributed by atoms with van der Waals surface area (Å²) < 4.78 is 0. The quantitative estimate of drug-likeness (QED) is 0.659. The first-order chi connectivity index (χ1) is 13.2. The van der Waals surface area contributed by atoms with Crippen LogP contribution in [0.3, 0.4) is 0 Å². The summed E-state index contributed by atoms with van der Waals surface area (Å²) in [5.74, 6) is 2.36. The van der Waals surface area contributed by atoms with E-state index >= 15 is 0 Å². The van der Waals surface area contributed by atoms with Crippen molar-refractivity contribution in [2.24, 2.45) is 46.3 Å². The summed E-state index contributed by atoms with van der Waals surface area (Å²) in [5.41, 5.74) is 0.523. The lowest BCUT2D eigenvalue weighted by Gasteiger charge is -2.62. The molecule has 0 spiro atoms. The fraction of sp³-hybridized carbons (Fsp3) is 0.958. The molecule has 10 atom stereocenters. The standard InChI is InChI=1S/C24H40O4/c1-14(4-7-21(27)28)17-5-6-18-22-19(9-11-24(17,18)3)23(2)10-8-16(25)12-15(23)13-20(22)26/h14-20,22,25-26H,4-13H2,1-3H3,(H,27,28)/t14?,15?,16-,17?,18?,19?,20+,22?,23+,24-/m1/s1. The molecule has 0 saturated heterocycles. The highest BCUT2D eigenvalue weighted by molar-refractivity contribution is 5.66. The van der Waals surface area contributed by atoms with Crippen molar-refractivity contribution in [3.05, 3.63) is 0 Å². The second-order valence-corrected chi connectivity index (χ2v) is 11.4. The lowest BCUT2D eigenvalue weighted by molar-refractivity contribution is -0.174. The SMILES string of the molecule is CC(CCC(=O)O)C1CCC2C3C(CC[C@]12C)[C@@]1(C)CC[C@@H](O)CC1C[C@@H]3O. The Morgan fingerprint density at radius 1 is 1.00 bits per heavy atom. The average Bonchev–Trinajstić information content (AvgIpc) is 2.98. The van der Waals surface area contributed by atoms with Crippen LogP contribution in [-0.4, -0.2) is 33.5 Å². The van der Waals surface area contributed by atoms with Gasteiger partial charge in [0.2, 0.25) is 0 Å². The summed E-state index contributed by atoms with van der Waals surface area (Å²) in [4.78, 5) is 11.1. The van der Waals surface area contributed by atoms with Gasteiger partial charge in [0.05, 0.1) is 12.2 Å². The molecule has 4 heteroatoms. The zero-order valence-corrected chi connectivity index (χ0v) is 17.9. The van der Waals surface area contributed by atoms with E-state index in [0.29, 0.717) is 35.5 Å². The van der Waals surface area contributed by atoms with E-state index in [0.717, 1.165) is 32.1 Å². The van der Waals surface area contributed by atoms with Crippen LogP contribution in [0.5, 0.6) is 0 Å².